The third-order valence-corrected chi connectivity index (χ3v) is 3.94. The lowest BCUT2D eigenvalue weighted by molar-refractivity contribution is -0.315. The van der Waals surface area contributed by atoms with Gasteiger partial charge in [-0.25, -0.2) is 9.59 Å². The van der Waals surface area contributed by atoms with Gasteiger partial charge in [0.05, 0.1) is 12.7 Å². The molecule has 0 amide bonds. The SMILES string of the molecule is CCOOC(=O)C(O)C(O)C(=O)OOC(C)C1CC(O)c2ccc(O)cc2O1.O. The number of rotatable bonds is 8. The van der Waals surface area contributed by atoms with Crippen molar-refractivity contribution in [1.82, 2.24) is 0 Å². The van der Waals surface area contributed by atoms with Crippen LogP contribution in [0.5, 0.6) is 11.5 Å². The average Bonchev–Trinajstić information content (AvgIpc) is 2.68. The number of aliphatic hydroxyl groups is 3. The molecule has 0 aliphatic carbocycles. The van der Waals surface area contributed by atoms with Crippen LogP contribution in [0.25, 0.3) is 0 Å². The Bertz CT molecular complexity index is 693. The van der Waals surface area contributed by atoms with Crippen LogP contribution in [0.3, 0.4) is 0 Å². The third kappa shape index (κ3) is 6.25. The zero-order chi connectivity index (χ0) is 20.8. The minimum absolute atomic E-state index is 0. The zero-order valence-electron chi connectivity index (χ0n) is 15.7. The first kappa shape index (κ1) is 24.6. The lowest BCUT2D eigenvalue weighted by Gasteiger charge is -2.32. The van der Waals surface area contributed by atoms with Crippen molar-refractivity contribution in [3.05, 3.63) is 23.8 Å². The van der Waals surface area contributed by atoms with E-state index in [1.807, 2.05) is 0 Å². The van der Waals surface area contributed by atoms with E-state index in [0.717, 1.165) is 0 Å². The van der Waals surface area contributed by atoms with E-state index in [1.54, 1.807) is 0 Å². The largest absolute Gasteiger partial charge is 0.508 e. The Morgan fingerprint density at radius 2 is 1.83 bits per heavy atom. The lowest BCUT2D eigenvalue weighted by Crippen LogP contribution is -2.43. The molecule has 12 heteroatoms. The molecule has 0 aromatic heterocycles. The molecule has 1 heterocycles. The van der Waals surface area contributed by atoms with Gasteiger partial charge in [0.15, 0.2) is 12.2 Å². The molecule has 1 aromatic rings. The molecule has 29 heavy (non-hydrogen) atoms. The standard InChI is InChI=1S/C17H22O11.H2O/c1-3-24-27-16(22)14(20)15(21)17(23)28-26-8(2)12-7-11(19)10-5-4-9(18)6-13(10)25-12;/h4-6,8,11-12,14-15,18-21H,3,7H2,1-2H3;1H2. The molecule has 5 atom stereocenters. The maximum Gasteiger partial charge on any atom is 0.373 e. The summed E-state index contributed by atoms with van der Waals surface area (Å²) in [4.78, 5) is 40.8. The normalized spacial score (nSPS) is 20.9. The highest BCUT2D eigenvalue weighted by atomic mass is 17.2. The number of phenolic OH excluding ortho intramolecular Hbond substituents is 1. The molecule has 0 saturated heterocycles. The van der Waals surface area contributed by atoms with Gasteiger partial charge < -0.3 is 30.6 Å². The second kappa shape index (κ2) is 10.9. The van der Waals surface area contributed by atoms with Crippen molar-refractivity contribution in [3.63, 3.8) is 0 Å². The van der Waals surface area contributed by atoms with Gasteiger partial charge in [-0.05, 0) is 26.0 Å². The second-order valence-electron chi connectivity index (χ2n) is 6.03. The van der Waals surface area contributed by atoms with Gasteiger partial charge in [0.25, 0.3) is 0 Å². The second-order valence-corrected chi connectivity index (χ2v) is 6.03. The molecule has 0 radical (unpaired) electrons. The van der Waals surface area contributed by atoms with E-state index in [0.29, 0.717) is 5.56 Å². The van der Waals surface area contributed by atoms with Crippen LogP contribution < -0.4 is 4.74 Å². The van der Waals surface area contributed by atoms with Crippen molar-refractivity contribution in [1.29, 1.82) is 0 Å². The van der Waals surface area contributed by atoms with Crippen LogP contribution >= 0.6 is 0 Å². The summed E-state index contributed by atoms with van der Waals surface area (Å²) in [6, 6.07) is 4.26. The topological polar surface area (TPSA) is 193 Å². The summed E-state index contributed by atoms with van der Waals surface area (Å²) in [6.45, 7) is 3.00. The molecule has 0 fully saturated rings. The van der Waals surface area contributed by atoms with Gasteiger partial charge in [-0.2, -0.15) is 9.78 Å². The minimum atomic E-state index is -2.27. The fraction of sp³-hybridized carbons (Fsp3) is 0.529. The number of phenols is 1. The number of benzene rings is 1. The number of ether oxygens (including phenoxy) is 1. The van der Waals surface area contributed by atoms with Crippen molar-refractivity contribution >= 4 is 11.9 Å². The molecule has 1 aliphatic heterocycles. The Labute approximate surface area is 165 Å². The number of fused-ring (bicyclic) bond motifs is 1. The highest BCUT2D eigenvalue weighted by Gasteiger charge is 2.36. The molecule has 0 spiro atoms. The van der Waals surface area contributed by atoms with Crippen LogP contribution in [-0.2, 0) is 29.1 Å². The summed E-state index contributed by atoms with van der Waals surface area (Å²) >= 11 is 0. The van der Waals surface area contributed by atoms with Gasteiger partial charge in [-0.15, -0.1) is 0 Å². The van der Waals surface area contributed by atoms with E-state index in [4.69, 9.17) is 9.62 Å². The van der Waals surface area contributed by atoms with Crippen molar-refractivity contribution in [2.24, 2.45) is 0 Å². The van der Waals surface area contributed by atoms with Crippen molar-refractivity contribution < 1.29 is 59.8 Å². The predicted octanol–water partition coefficient (Wildman–Crippen LogP) is -1.17. The first-order valence-electron chi connectivity index (χ1n) is 8.48. The third-order valence-electron chi connectivity index (χ3n) is 3.94. The summed E-state index contributed by atoms with van der Waals surface area (Å²) < 4.78 is 5.63. The van der Waals surface area contributed by atoms with E-state index in [9.17, 15) is 30.0 Å². The smallest absolute Gasteiger partial charge is 0.373 e. The molecular weight excluding hydrogens is 396 g/mol. The molecule has 0 saturated carbocycles. The van der Waals surface area contributed by atoms with Gasteiger partial charge in [-0.3, -0.25) is 9.78 Å². The fourth-order valence-electron chi connectivity index (χ4n) is 2.40. The van der Waals surface area contributed by atoms with E-state index in [2.05, 4.69) is 14.7 Å². The molecular formula is C17H24O12. The molecule has 164 valence electrons. The van der Waals surface area contributed by atoms with Gasteiger partial charge in [0.1, 0.15) is 23.7 Å². The van der Waals surface area contributed by atoms with Crippen LogP contribution in [-0.4, -0.2) is 68.9 Å². The molecule has 5 unspecified atom stereocenters. The lowest BCUT2D eigenvalue weighted by atomic mass is 9.97. The molecule has 1 aromatic carbocycles. The number of hydrogen-bond donors (Lipinski definition) is 4. The summed E-state index contributed by atoms with van der Waals surface area (Å²) in [6.07, 6.45) is -6.92. The minimum Gasteiger partial charge on any atom is -0.508 e. The molecule has 0 bridgehead atoms. The Morgan fingerprint density at radius 3 is 2.45 bits per heavy atom. The number of carbonyl (C=O) groups is 2. The van der Waals surface area contributed by atoms with Crippen molar-refractivity contribution in [3.8, 4) is 11.5 Å². The van der Waals surface area contributed by atoms with E-state index in [1.165, 1.54) is 32.0 Å². The summed E-state index contributed by atoms with van der Waals surface area (Å²) in [5.41, 5.74) is 0.490. The molecule has 1 aliphatic rings. The predicted molar refractivity (Wildman–Crippen MR) is 92.1 cm³/mol. The van der Waals surface area contributed by atoms with Crippen molar-refractivity contribution in [2.45, 2.75) is 50.8 Å². The first-order valence-corrected chi connectivity index (χ1v) is 8.48. The Hall–Kier alpha value is -2.48. The number of carbonyl (C=O) groups excluding carboxylic acids is 2. The van der Waals surface area contributed by atoms with E-state index < -0.39 is 42.5 Å². The summed E-state index contributed by atoms with van der Waals surface area (Å²) in [7, 11) is 0. The molecule has 2 rings (SSSR count). The zero-order valence-corrected chi connectivity index (χ0v) is 15.7. The monoisotopic (exact) mass is 420 g/mol. The van der Waals surface area contributed by atoms with Gasteiger partial charge in [0, 0.05) is 18.1 Å². The Balaban J connectivity index is 0.00000420. The van der Waals surface area contributed by atoms with Crippen LogP contribution in [0.1, 0.15) is 31.9 Å². The fourth-order valence-corrected chi connectivity index (χ4v) is 2.40. The first-order chi connectivity index (χ1) is 13.2. The number of hydrogen-bond acceptors (Lipinski definition) is 11. The highest BCUT2D eigenvalue weighted by molar-refractivity contribution is 5.84. The number of aliphatic hydroxyl groups excluding tert-OH is 3. The van der Waals surface area contributed by atoms with Crippen LogP contribution in [0.15, 0.2) is 18.2 Å². The highest BCUT2D eigenvalue weighted by Crippen LogP contribution is 2.38. The quantitative estimate of drug-likeness (QED) is 0.292. The Kier molecular flexibility index (Phi) is 9.23. The average molecular weight is 420 g/mol. The van der Waals surface area contributed by atoms with Crippen LogP contribution in [0, 0.1) is 0 Å². The molecule has 12 nitrogen and oxygen atoms in total. The van der Waals surface area contributed by atoms with Crippen LogP contribution in [0.2, 0.25) is 0 Å². The summed E-state index contributed by atoms with van der Waals surface area (Å²) in [5, 5.41) is 38.9. The van der Waals surface area contributed by atoms with E-state index in [-0.39, 0.29) is 30.0 Å². The van der Waals surface area contributed by atoms with Gasteiger partial charge >= 0.3 is 11.9 Å². The Morgan fingerprint density at radius 1 is 1.21 bits per heavy atom. The maximum absolute atomic E-state index is 11.7. The van der Waals surface area contributed by atoms with Gasteiger partial charge in [-0.1, -0.05) is 0 Å². The van der Waals surface area contributed by atoms with Crippen LogP contribution in [0.4, 0.5) is 0 Å². The number of aromatic hydroxyl groups is 1. The summed E-state index contributed by atoms with van der Waals surface area (Å²) in [5.74, 6) is -2.63. The van der Waals surface area contributed by atoms with Crippen molar-refractivity contribution in [2.75, 3.05) is 6.61 Å². The van der Waals surface area contributed by atoms with Gasteiger partial charge in [0.2, 0.25) is 0 Å². The van der Waals surface area contributed by atoms with E-state index >= 15 is 0 Å². The maximum atomic E-state index is 11.7. The molecule has 6 N–H and O–H groups in total.